The van der Waals surface area contributed by atoms with Gasteiger partial charge in [0, 0.05) is 0 Å². The summed E-state index contributed by atoms with van der Waals surface area (Å²) in [4.78, 5) is 0.135. The molecule has 0 heterocycles. The summed E-state index contributed by atoms with van der Waals surface area (Å²) in [7, 11) is -3.64. The van der Waals surface area contributed by atoms with Gasteiger partial charge < -0.3 is 5.11 Å². The lowest BCUT2D eigenvalue weighted by Crippen LogP contribution is -2.02. The summed E-state index contributed by atoms with van der Waals surface area (Å²) in [6.07, 6.45) is 0.858. The zero-order valence-corrected chi connectivity index (χ0v) is 10.8. The van der Waals surface area contributed by atoms with Crippen LogP contribution in [-0.2, 0) is 16.3 Å². The summed E-state index contributed by atoms with van der Waals surface area (Å²) < 4.78 is 24.6. The first-order valence-corrected chi connectivity index (χ1v) is 7.16. The van der Waals surface area contributed by atoms with Gasteiger partial charge in [-0.05, 0) is 36.2 Å². The molecule has 0 fully saturated rings. The second kappa shape index (κ2) is 4.82. The predicted octanol–water partition coefficient (Wildman–Crippen LogP) is 2.79. The second-order valence-corrected chi connectivity index (χ2v) is 5.89. The minimum absolute atomic E-state index is 0.0609. The van der Waals surface area contributed by atoms with E-state index in [4.69, 9.17) is 0 Å². The number of rotatable bonds is 3. The summed E-state index contributed by atoms with van der Waals surface area (Å²) in [6.45, 7) is 2.01. The smallest absolute Gasteiger partial charge is 0.210 e. The van der Waals surface area contributed by atoms with Gasteiger partial charge in [-0.1, -0.05) is 31.2 Å². The van der Waals surface area contributed by atoms with Crippen molar-refractivity contribution in [1.29, 1.82) is 0 Å². The van der Waals surface area contributed by atoms with E-state index in [1.54, 1.807) is 36.4 Å². The summed E-state index contributed by atoms with van der Waals surface area (Å²) in [5, 5.41) is 9.63. The first-order chi connectivity index (χ1) is 8.55. The predicted molar refractivity (Wildman–Crippen MR) is 69.4 cm³/mol. The van der Waals surface area contributed by atoms with Gasteiger partial charge in [-0.3, -0.25) is 0 Å². The Morgan fingerprint density at radius 3 is 2.17 bits per heavy atom. The third-order valence-corrected chi connectivity index (χ3v) is 4.61. The molecule has 0 aliphatic carbocycles. The van der Waals surface area contributed by atoms with Crippen molar-refractivity contribution in [2.24, 2.45) is 0 Å². The van der Waals surface area contributed by atoms with Gasteiger partial charge in [-0.25, -0.2) is 8.42 Å². The van der Waals surface area contributed by atoms with Crippen molar-refractivity contribution < 1.29 is 13.5 Å². The number of sulfone groups is 1. The lowest BCUT2D eigenvalue weighted by atomic mass is 10.2. The zero-order chi connectivity index (χ0) is 13.2. The Labute approximate surface area is 107 Å². The monoisotopic (exact) mass is 262 g/mol. The highest BCUT2D eigenvalue weighted by molar-refractivity contribution is 7.91. The van der Waals surface area contributed by atoms with Gasteiger partial charge in [0.05, 0.1) is 4.90 Å². The number of phenolic OH excluding ortho intramolecular Hbond substituents is 1. The van der Waals surface area contributed by atoms with E-state index in [1.165, 1.54) is 12.1 Å². The van der Waals surface area contributed by atoms with Crippen molar-refractivity contribution in [1.82, 2.24) is 0 Å². The van der Waals surface area contributed by atoms with Crippen LogP contribution in [0.25, 0.3) is 0 Å². The fraction of sp³-hybridized carbons (Fsp3) is 0.143. The van der Waals surface area contributed by atoms with Crippen molar-refractivity contribution >= 4 is 9.84 Å². The number of benzene rings is 2. The second-order valence-electron chi connectivity index (χ2n) is 3.97. The Bertz CT molecular complexity index is 643. The van der Waals surface area contributed by atoms with Crippen molar-refractivity contribution in [2.75, 3.05) is 0 Å². The molecule has 0 aromatic heterocycles. The van der Waals surface area contributed by atoms with Crippen LogP contribution in [-0.4, -0.2) is 13.5 Å². The summed E-state index contributed by atoms with van der Waals surface area (Å²) in [6, 6.07) is 12.7. The zero-order valence-electron chi connectivity index (χ0n) is 10.00. The normalized spacial score (nSPS) is 11.4. The van der Waals surface area contributed by atoms with Gasteiger partial charge in [0.25, 0.3) is 0 Å². The molecule has 0 amide bonds. The Kier molecular flexibility index (Phi) is 3.39. The average molecular weight is 262 g/mol. The van der Waals surface area contributed by atoms with Gasteiger partial charge >= 0.3 is 0 Å². The number of hydrogen-bond donors (Lipinski definition) is 1. The van der Waals surface area contributed by atoms with Crippen molar-refractivity contribution in [3.05, 3.63) is 54.1 Å². The maximum absolute atomic E-state index is 12.3. The van der Waals surface area contributed by atoms with E-state index in [2.05, 4.69) is 0 Å². The van der Waals surface area contributed by atoms with E-state index in [-0.39, 0.29) is 15.5 Å². The minimum Gasteiger partial charge on any atom is -0.507 e. The van der Waals surface area contributed by atoms with Crippen molar-refractivity contribution in [3.63, 3.8) is 0 Å². The van der Waals surface area contributed by atoms with E-state index >= 15 is 0 Å². The molecule has 2 aromatic rings. The maximum Gasteiger partial charge on any atom is 0.210 e. The van der Waals surface area contributed by atoms with Gasteiger partial charge in [-0.2, -0.15) is 0 Å². The molecule has 0 spiro atoms. The van der Waals surface area contributed by atoms with Crippen molar-refractivity contribution in [3.8, 4) is 5.75 Å². The molecule has 18 heavy (non-hydrogen) atoms. The molecule has 3 nitrogen and oxygen atoms in total. The Hall–Kier alpha value is -1.81. The van der Waals surface area contributed by atoms with Gasteiger partial charge in [0.15, 0.2) is 0 Å². The lowest BCUT2D eigenvalue weighted by molar-refractivity contribution is 0.459. The topological polar surface area (TPSA) is 54.4 Å². The molecule has 2 aromatic carbocycles. The van der Waals surface area contributed by atoms with Crippen LogP contribution in [0.3, 0.4) is 0 Å². The Balaban J connectivity index is 2.51. The van der Waals surface area contributed by atoms with Crippen LogP contribution >= 0.6 is 0 Å². The highest BCUT2D eigenvalue weighted by Crippen LogP contribution is 2.28. The van der Waals surface area contributed by atoms with Crippen LogP contribution in [0.4, 0.5) is 0 Å². The third-order valence-electron chi connectivity index (χ3n) is 2.80. The van der Waals surface area contributed by atoms with E-state index < -0.39 is 9.84 Å². The molecular formula is C14H14O3S. The minimum atomic E-state index is -3.64. The van der Waals surface area contributed by atoms with Crippen LogP contribution in [0.5, 0.6) is 5.75 Å². The average Bonchev–Trinajstić information content (AvgIpc) is 2.39. The van der Waals surface area contributed by atoms with Crippen LogP contribution in [0.1, 0.15) is 12.5 Å². The first kappa shape index (κ1) is 12.6. The molecule has 0 saturated heterocycles. The highest BCUT2D eigenvalue weighted by Gasteiger charge is 2.20. The fourth-order valence-corrected chi connectivity index (χ4v) is 3.07. The molecule has 0 aliphatic rings. The Morgan fingerprint density at radius 1 is 1.00 bits per heavy atom. The molecule has 0 bridgehead atoms. The number of aromatic hydroxyl groups is 1. The van der Waals surface area contributed by atoms with Gasteiger partial charge in [0.2, 0.25) is 9.84 Å². The number of aryl methyl sites for hydroxylation is 1. The van der Waals surface area contributed by atoms with Crippen LogP contribution in [0.15, 0.2) is 58.3 Å². The SMILES string of the molecule is CCc1ccc(S(=O)(=O)c2ccccc2O)cc1. The van der Waals surface area contributed by atoms with E-state index in [0.29, 0.717) is 0 Å². The lowest BCUT2D eigenvalue weighted by Gasteiger charge is -2.07. The summed E-state index contributed by atoms with van der Waals surface area (Å²) in [5.74, 6) is -0.225. The first-order valence-electron chi connectivity index (χ1n) is 5.67. The van der Waals surface area contributed by atoms with Gasteiger partial charge in [-0.15, -0.1) is 0 Å². The molecule has 0 atom stereocenters. The van der Waals surface area contributed by atoms with Crippen molar-refractivity contribution in [2.45, 2.75) is 23.1 Å². The largest absolute Gasteiger partial charge is 0.507 e. The molecular weight excluding hydrogens is 248 g/mol. The Morgan fingerprint density at radius 2 is 1.61 bits per heavy atom. The van der Waals surface area contributed by atoms with Crippen LogP contribution in [0.2, 0.25) is 0 Å². The number of phenols is 1. The molecule has 0 unspecified atom stereocenters. The molecule has 0 saturated carbocycles. The quantitative estimate of drug-likeness (QED) is 0.925. The molecule has 0 radical (unpaired) electrons. The highest BCUT2D eigenvalue weighted by atomic mass is 32.2. The van der Waals surface area contributed by atoms with Crippen LogP contribution in [0, 0.1) is 0 Å². The van der Waals surface area contributed by atoms with E-state index in [9.17, 15) is 13.5 Å². The summed E-state index contributed by atoms with van der Waals surface area (Å²) >= 11 is 0. The van der Waals surface area contributed by atoms with Gasteiger partial charge in [0.1, 0.15) is 10.6 Å². The van der Waals surface area contributed by atoms with E-state index in [1.807, 2.05) is 6.92 Å². The number of para-hydroxylation sites is 1. The fourth-order valence-electron chi connectivity index (χ4n) is 1.72. The molecule has 4 heteroatoms. The molecule has 2 rings (SSSR count). The molecule has 94 valence electrons. The standard InChI is InChI=1S/C14H14O3S/c1-2-11-7-9-12(10-8-11)18(16,17)14-6-4-3-5-13(14)15/h3-10,15H,2H2,1H3. The van der Waals surface area contributed by atoms with Crippen LogP contribution < -0.4 is 0 Å². The third kappa shape index (κ3) is 2.24. The number of hydrogen-bond acceptors (Lipinski definition) is 3. The molecule has 0 aliphatic heterocycles. The maximum atomic E-state index is 12.3. The summed E-state index contributed by atoms with van der Waals surface area (Å²) in [5.41, 5.74) is 1.08. The molecule has 1 N–H and O–H groups in total. The van der Waals surface area contributed by atoms with E-state index in [0.717, 1.165) is 12.0 Å².